The molecule has 4 N–H and O–H groups in total. The van der Waals surface area contributed by atoms with Gasteiger partial charge in [0.25, 0.3) is 0 Å². The third-order valence-electron chi connectivity index (χ3n) is 6.73. The van der Waals surface area contributed by atoms with Crippen molar-refractivity contribution in [2.24, 2.45) is 0 Å². The summed E-state index contributed by atoms with van der Waals surface area (Å²) in [6.07, 6.45) is 1.48. The van der Waals surface area contributed by atoms with Gasteiger partial charge in [0, 0.05) is 42.9 Å². The van der Waals surface area contributed by atoms with Crippen LogP contribution in [-0.2, 0) is 22.5 Å². The van der Waals surface area contributed by atoms with Crippen molar-refractivity contribution in [1.82, 2.24) is 29.9 Å². The van der Waals surface area contributed by atoms with Gasteiger partial charge in [0.05, 0.1) is 30.5 Å². The zero-order valence-electron chi connectivity index (χ0n) is 21.3. The topological polar surface area (TPSA) is 138 Å². The maximum absolute atomic E-state index is 10.6. The minimum atomic E-state index is -5.08. The van der Waals surface area contributed by atoms with Gasteiger partial charge in [-0.05, 0) is 37.0 Å². The van der Waals surface area contributed by atoms with Crippen LogP contribution in [0.15, 0.2) is 36.7 Å². The van der Waals surface area contributed by atoms with Crippen LogP contribution in [0.25, 0.3) is 0 Å². The molecule has 218 valence electrons. The first-order valence-electron chi connectivity index (χ1n) is 12.5. The second-order valence-corrected chi connectivity index (χ2v) is 10.4. The van der Waals surface area contributed by atoms with Crippen LogP contribution in [0.1, 0.15) is 18.4 Å². The van der Waals surface area contributed by atoms with Gasteiger partial charge in [0.2, 0.25) is 11.9 Å². The lowest BCUT2D eigenvalue weighted by atomic mass is 9.96. The average molecular weight is 605 g/mol. The highest BCUT2D eigenvalue weighted by Gasteiger charge is 2.38. The van der Waals surface area contributed by atoms with Crippen LogP contribution < -0.4 is 10.6 Å². The van der Waals surface area contributed by atoms with Gasteiger partial charge >= 0.3 is 12.1 Å². The number of benzene rings is 1. The molecule has 2 atom stereocenters. The van der Waals surface area contributed by atoms with Gasteiger partial charge in [-0.15, -0.1) is 5.10 Å². The van der Waals surface area contributed by atoms with Gasteiger partial charge < -0.3 is 20.5 Å². The number of piperidine rings is 1. The Labute approximate surface area is 238 Å². The number of carbonyl (C=O) groups is 1. The Morgan fingerprint density at radius 1 is 1.18 bits per heavy atom. The molecule has 11 nitrogen and oxygen atoms in total. The number of H-pyrrole nitrogens is 1. The molecule has 0 aliphatic carbocycles. The van der Waals surface area contributed by atoms with Crippen LogP contribution in [0.5, 0.6) is 0 Å². The molecule has 3 aromatic rings. The number of hydrogen-bond acceptors (Lipinski definition) is 8. The number of carboxylic acids is 1. The molecule has 0 radical (unpaired) electrons. The van der Waals surface area contributed by atoms with Gasteiger partial charge in [-0.25, -0.2) is 9.89 Å². The molecule has 2 aliphatic heterocycles. The molecule has 2 saturated heterocycles. The van der Waals surface area contributed by atoms with Crippen molar-refractivity contribution in [2.45, 2.75) is 50.2 Å². The predicted molar refractivity (Wildman–Crippen MR) is 142 cm³/mol. The monoisotopic (exact) mass is 604 g/mol. The molecule has 1 aromatic carbocycles. The fraction of sp³-hybridized carbons (Fsp3) is 0.500. The van der Waals surface area contributed by atoms with E-state index in [4.69, 9.17) is 43.6 Å². The molecule has 0 unspecified atom stereocenters. The Morgan fingerprint density at radius 2 is 1.85 bits per heavy atom. The number of carboxylic acid groups (broad SMARTS) is 1. The van der Waals surface area contributed by atoms with Crippen LogP contribution in [0.4, 0.5) is 25.1 Å². The van der Waals surface area contributed by atoms with Gasteiger partial charge in [-0.2, -0.15) is 23.3 Å². The Morgan fingerprint density at radius 3 is 2.40 bits per heavy atom. The zero-order valence-corrected chi connectivity index (χ0v) is 22.8. The van der Waals surface area contributed by atoms with E-state index in [9.17, 15) is 13.2 Å². The summed E-state index contributed by atoms with van der Waals surface area (Å²) >= 11 is 12.1. The number of aromatic amines is 1. The largest absolute Gasteiger partial charge is 0.490 e. The van der Waals surface area contributed by atoms with Crippen LogP contribution >= 0.6 is 23.2 Å². The quantitative estimate of drug-likeness (QED) is 0.386. The molecule has 0 spiro atoms. The number of anilines is 2. The number of nitrogens with two attached hydrogens (primary N) is 1. The molecule has 40 heavy (non-hydrogen) atoms. The van der Waals surface area contributed by atoms with Gasteiger partial charge in [-0.1, -0.05) is 35.3 Å². The smallest absolute Gasteiger partial charge is 0.475 e. The number of halogens is 5. The molecule has 0 saturated carbocycles. The number of nitrogens with zero attached hydrogens (tertiary/aromatic N) is 6. The number of nitrogens with one attached hydrogen (secondary N) is 1. The SMILES string of the molecule is Nc1nc(N2CCC(N3C[C@H](Cn4cc(Cl)cn4)OC[C@@H]3Cc3ccc(Cl)cc3)CC2)n[nH]1.O=C(O)C(F)(F)F. The molecule has 16 heteroatoms. The van der Waals surface area contributed by atoms with E-state index in [1.807, 2.05) is 23.0 Å². The Kier molecular flexibility index (Phi) is 9.77. The number of nitrogen functional groups attached to an aromatic ring is 1. The van der Waals surface area contributed by atoms with Crippen molar-refractivity contribution in [3.8, 4) is 0 Å². The Bertz CT molecular complexity index is 1250. The summed E-state index contributed by atoms with van der Waals surface area (Å²) in [5.41, 5.74) is 6.98. The summed E-state index contributed by atoms with van der Waals surface area (Å²) in [5.74, 6) is -1.73. The molecule has 5 rings (SSSR count). The van der Waals surface area contributed by atoms with Crippen LogP contribution in [-0.4, -0.2) is 91.5 Å². The standard InChI is InChI=1S/C22H28Cl2N8O.C2HF3O2/c23-16-3-1-15(2-4-16)9-19-14-33-20(12-31-11-17(24)10-26-31)13-32(19)18-5-7-30(8-6-18)22-27-21(25)28-29-22;3-2(4,5)1(6)7/h1-4,10-11,18-20H,5-9,12-14H2,(H3,25,27,28,29);(H,6,7)/t19-,20-;/m0./s1. The van der Waals surface area contributed by atoms with E-state index in [0.29, 0.717) is 42.2 Å². The molecule has 2 fully saturated rings. The van der Waals surface area contributed by atoms with Crippen molar-refractivity contribution >= 4 is 41.1 Å². The first-order valence-corrected chi connectivity index (χ1v) is 13.3. The highest BCUT2D eigenvalue weighted by atomic mass is 35.5. The van der Waals surface area contributed by atoms with Crippen LogP contribution in [0.2, 0.25) is 10.0 Å². The summed E-state index contributed by atoms with van der Waals surface area (Å²) in [6.45, 7) is 4.01. The molecular weight excluding hydrogens is 576 g/mol. The maximum atomic E-state index is 10.6. The van der Waals surface area contributed by atoms with Gasteiger partial charge in [-0.3, -0.25) is 9.58 Å². The fourth-order valence-corrected chi connectivity index (χ4v) is 5.14. The lowest BCUT2D eigenvalue weighted by molar-refractivity contribution is -0.192. The zero-order chi connectivity index (χ0) is 28.9. The first kappa shape index (κ1) is 29.9. The minimum absolute atomic E-state index is 0.0632. The van der Waals surface area contributed by atoms with E-state index in [1.165, 1.54) is 5.56 Å². The number of ether oxygens (including phenoxy) is 1. The van der Waals surface area contributed by atoms with Crippen molar-refractivity contribution in [3.05, 3.63) is 52.3 Å². The lowest BCUT2D eigenvalue weighted by Crippen LogP contribution is -2.57. The second kappa shape index (κ2) is 13.1. The normalized spacial score (nSPS) is 20.7. The number of aliphatic carboxylic acids is 1. The summed E-state index contributed by atoms with van der Waals surface area (Å²) in [5, 5.41) is 19.8. The number of rotatable bonds is 6. The molecule has 0 amide bonds. The molecule has 4 heterocycles. The summed E-state index contributed by atoms with van der Waals surface area (Å²) in [4.78, 5) is 18.0. The van der Waals surface area contributed by atoms with Crippen molar-refractivity contribution in [3.63, 3.8) is 0 Å². The van der Waals surface area contributed by atoms with Gasteiger partial charge in [0.15, 0.2) is 0 Å². The number of aromatic nitrogens is 5. The third kappa shape index (κ3) is 8.22. The van der Waals surface area contributed by atoms with Crippen molar-refractivity contribution < 1.29 is 27.8 Å². The third-order valence-corrected chi connectivity index (χ3v) is 7.18. The highest BCUT2D eigenvalue weighted by Crippen LogP contribution is 2.27. The van der Waals surface area contributed by atoms with Crippen molar-refractivity contribution in [2.75, 3.05) is 36.9 Å². The average Bonchev–Trinajstić information content (AvgIpc) is 3.54. The van der Waals surface area contributed by atoms with Gasteiger partial charge in [0.1, 0.15) is 0 Å². The Balaban J connectivity index is 0.000000470. The predicted octanol–water partition coefficient (Wildman–Crippen LogP) is 3.50. The Hall–Kier alpha value is -3.07. The molecule has 0 bridgehead atoms. The number of alkyl halides is 3. The first-order chi connectivity index (χ1) is 19.0. The van der Waals surface area contributed by atoms with E-state index in [0.717, 1.165) is 43.9 Å². The fourth-order valence-electron chi connectivity index (χ4n) is 4.86. The summed E-state index contributed by atoms with van der Waals surface area (Å²) < 4.78 is 39.9. The summed E-state index contributed by atoms with van der Waals surface area (Å²) in [7, 11) is 0. The number of morpholine rings is 1. The molecule has 2 aliphatic rings. The van der Waals surface area contributed by atoms with Crippen LogP contribution in [0.3, 0.4) is 0 Å². The highest BCUT2D eigenvalue weighted by molar-refractivity contribution is 6.30. The minimum Gasteiger partial charge on any atom is -0.475 e. The second-order valence-electron chi connectivity index (χ2n) is 9.56. The lowest BCUT2D eigenvalue weighted by Gasteiger charge is -2.46. The molecular formula is C24H29Cl2F3N8O3. The maximum Gasteiger partial charge on any atom is 0.490 e. The number of hydrogen-bond donors (Lipinski definition) is 3. The van der Waals surface area contributed by atoms with Crippen LogP contribution in [0, 0.1) is 0 Å². The van der Waals surface area contributed by atoms with Crippen molar-refractivity contribution in [1.29, 1.82) is 0 Å². The molecule has 2 aromatic heterocycles. The van der Waals surface area contributed by atoms with E-state index < -0.39 is 12.1 Å². The van der Waals surface area contributed by atoms with E-state index in [2.05, 4.69) is 42.2 Å². The summed E-state index contributed by atoms with van der Waals surface area (Å²) in [6, 6.07) is 8.89. The van der Waals surface area contributed by atoms with E-state index >= 15 is 0 Å². The van der Waals surface area contributed by atoms with E-state index in [-0.39, 0.29) is 6.10 Å². The van der Waals surface area contributed by atoms with E-state index in [1.54, 1.807) is 6.20 Å².